The van der Waals surface area contributed by atoms with Crippen LogP contribution in [0.2, 0.25) is 0 Å². The Morgan fingerprint density at radius 2 is 2.67 bits per heavy atom. The quantitative estimate of drug-likeness (QED) is 0.587. The Kier molecular flexibility index (Phi) is 1.95. The van der Waals surface area contributed by atoms with Crippen molar-refractivity contribution < 1.29 is 4.79 Å². The summed E-state index contributed by atoms with van der Waals surface area (Å²) in [4.78, 5) is 11.6. The van der Waals surface area contributed by atoms with E-state index in [1.807, 2.05) is 6.92 Å². The first-order valence-corrected chi connectivity index (χ1v) is 3.56. The number of ketones is 1. The van der Waals surface area contributed by atoms with Crippen LogP contribution in [0.5, 0.6) is 0 Å². The maximum atomic E-state index is 10.8. The van der Waals surface area contributed by atoms with Crippen molar-refractivity contribution in [3.05, 3.63) is 17.1 Å². The zero-order valence-electron chi connectivity index (χ0n) is 5.13. The average molecular weight is 141 g/mol. The van der Waals surface area contributed by atoms with Gasteiger partial charge in [0.05, 0.1) is 4.88 Å². The monoisotopic (exact) mass is 141 g/mol. The summed E-state index contributed by atoms with van der Waals surface area (Å²) in [5.41, 5.74) is 0. The molecule has 0 N–H and O–H groups in total. The standard InChI is InChI=1S/C6H7NOS/c1-2-5(8)6-3-4-7-9-6/h3-4H,2H2,1H3. The third-order valence-corrected chi connectivity index (χ3v) is 1.82. The van der Waals surface area contributed by atoms with Crippen molar-refractivity contribution in [2.75, 3.05) is 0 Å². The number of carbonyl (C=O) groups is 1. The second-order valence-corrected chi connectivity index (χ2v) is 2.49. The number of rotatable bonds is 2. The SMILES string of the molecule is CCC(=O)c1ccns1. The highest BCUT2D eigenvalue weighted by atomic mass is 32.1. The van der Waals surface area contributed by atoms with Crippen molar-refractivity contribution in [3.63, 3.8) is 0 Å². The molecule has 9 heavy (non-hydrogen) atoms. The van der Waals surface area contributed by atoms with Gasteiger partial charge >= 0.3 is 0 Å². The molecule has 0 amide bonds. The van der Waals surface area contributed by atoms with E-state index in [1.165, 1.54) is 11.5 Å². The van der Waals surface area contributed by atoms with Crippen LogP contribution in [0.4, 0.5) is 0 Å². The number of carbonyl (C=O) groups excluding carboxylic acids is 1. The lowest BCUT2D eigenvalue weighted by Gasteiger charge is -1.84. The molecule has 1 heterocycles. The molecule has 0 saturated heterocycles. The molecule has 1 aromatic heterocycles. The molecule has 0 aromatic carbocycles. The van der Waals surface area contributed by atoms with Crippen molar-refractivity contribution in [1.82, 2.24) is 4.37 Å². The lowest BCUT2D eigenvalue weighted by Crippen LogP contribution is -1.90. The fourth-order valence-corrected chi connectivity index (χ4v) is 1.14. The molecule has 0 unspecified atom stereocenters. The summed E-state index contributed by atoms with van der Waals surface area (Å²) in [7, 11) is 0. The summed E-state index contributed by atoms with van der Waals surface area (Å²) < 4.78 is 3.81. The third-order valence-electron chi connectivity index (χ3n) is 1.03. The number of hydrogen-bond acceptors (Lipinski definition) is 3. The summed E-state index contributed by atoms with van der Waals surface area (Å²) >= 11 is 1.26. The van der Waals surface area contributed by atoms with Crippen molar-refractivity contribution in [2.45, 2.75) is 13.3 Å². The van der Waals surface area contributed by atoms with Gasteiger partial charge in [-0.2, -0.15) is 0 Å². The molecule has 0 atom stereocenters. The Balaban J connectivity index is 2.77. The minimum absolute atomic E-state index is 0.178. The molecule has 48 valence electrons. The predicted molar refractivity (Wildman–Crippen MR) is 36.7 cm³/mol. The molecular formula is C6H7NOS. The van der Waals surface area contributed by atoms with Gasteiger partial charge in [-0.3, -0.25) is 4.79 Å². The van der Waals surface area contributed by atoms with E-state index in [1.54, 1.807) is 12.3 Å². The number of aromatic nitrogens is 1. The fraction of sp³-hybridized carbons (Fsp3) is 0.333. The second kappa shape index (κ2) is 2.73. The topological polar surface area (TPSA) is 30.0 Å². The van der Waals surface area contributed by atoms with Gasteiger partial charge in [0.1, 0.15) is 0 Å². The molecule has 0 aliphatic rings. The van der Waals surface area contributed by atoms with Gasteiger partial charge < -0.3 is 0 Å². The van der Waals surface area contributed by atoms with E-state index in [9.17, 15) is 4.79 Å². The normalized spacial score (nSPS) is 9.44. The molecule has 2 nitrogen and oxygen atoms in total. The highest BCUT2D eigenvalue weighted by molar-refractivity contribution is 7.08. The van der Waals surface area contributed by atoms with Gasteiger partial charge in [0.15, 0.2) is 5.78 Å². The smallest absolute Gasteiger partial charge is 0.174 e. The van der Waals surface area contributed by atoms with Gasteiger partial charge in [0.2, 0.25) is 0 Å². The van der Waals surface area contributed by atoms with Crippen LogP contribution in [0.15, 0.2) is 12.3 Å². The lowest BCUT2D eigenvalue weighted by molar-refractivity contribution is 0.0992. The maximum Gasteiger partial charge on any atom is 0.174 e. The highest BCUT2D eigenvalue weighted by Gasteiger charge is 2.02. The minimum Gasteiger partial charge on any atom is -0.293 e. The molecule has 1 aromatic rings. The maximum absolute atomic E-state index is 10.8. The van der Waals surface area contributed by atoms with Crippen LogP contribution in [0.1, 0.15) is 23.0 Å². The van der Waals surface area contributed by atoms with Gasteiger partial charge in [-0.25, -0.2) is 4.37 Å². The number of hydrogen-bond donors (Lipinski definition) is 0. The van der Waals surface area contributed by atoms with Gasteiger partial charge in [-0.1, -0.05) is 6.92 Å². The van der Waals surface area contributed by atoms with Crippen LogP contribution in [0.25, 0.3) is 0 Å². The van der Waals surface area contributed by atoms with Crippen LogP contribution >= 0.6 is 11.5 Å². The first-order valence-electron chi connectivity index (χ1n) is 2.78. The summed E-state index contributed by atoms with van der Waals surface area (Å²) in [5.74, 6) is 0.178. The van der Waals surface area contributed by atoms with Crippen molar-refractivity contribution in [3.8, 4) is 0 Å². The fourth-order valence-electron chi connectivity index (χ4n) is 0.534. The van der Waals surface area contributed by atoms with Crippen molar-refractivity contribution in [2.24, 2.45) is 0 Å². The third kappa shape index (κ3) is 1.36. The van der Waals surface area contributed by atoms with Gasteiger partial charge in [-0.15, -0.1) is 0 Å². The lowest BCUT2D eigenvalue weighted by atomic mass is 10.3. The summed E-state index contributed by atoms with van der Waals surface area (Å²) in [6.07, 6.45) is 2.22. The van der Waals surface area contributed by atoms with Gasteiger partial charge in [-0.05, 0) is 17.6 Å². The molecule has 0 spiro atoms. The van der Waals surface area contributed by atoms with E-state index >= 15 is 0 Å². The zero-order valence-corrected chi connectivity index (χ0v) is 5.94. The Morgan fingerprint density at radius 1 is 1.89 bits per heavy atom. The molecule has 1 rings (SSSR count). The van der Waals surface area contributed by atoms with Crippen LogP contribution in [0.3, 0.4) is 0 Å². The molecule has 0 saturated carbocycles. The van der Waals surface area contributed by atoms with Gasteiger partial charge in [0.25, 0.3) is 0 Å². The van der Waals surface area contributed by atoms with E-state index in [4.69, 9.17) is 0 Å². The molecule has 0 radical (unpaired) electrons. The first-order chi connectivity index (χ1) is 4.34. The zero-order chi connectivity index (χ0) is 6.69. The predicted octanol–water partition coefficient (Wildman–Crippen LogP) is 1.74. The summed E-state index contributed by atoms with van der Waals surface area (Å²) in [6.45, 7) is 1.85. The van der Waals surface area contributed by atoms with E-state index in [2.05, 4.69) is 4.37 Å². The molecule has 0 bridgehead atoms. The first kappa shape index (κ1) is 6.42. The summed E-state index contributed by atoms with van der Waals surface area (Å²) in [6, 6.07) is 1.75. The average Bonchev–Trinajstić information content (AvgIpc) is 2.37. The molecule has 0 aliphatic heterocycles. The molecule has 0 fully saturated rings. The largest absolute Gasteiger partial charge is 0.293 e. The number of Topliss-reactive ketones (excluding diaryl/α,β-unsaturated/α-hetero) is 1. The minimum atomic E-state index is 0.178. The Hall–Kier alpha value is -0.700. The molecule has 0 aliphatic carbocycles. The second-order valence-electron chi connectivity index (χ2n) is 1.65. The van der Waals surface area contributed by atoms with Crippen LogP contribution in [-0.4, -0.2) is 10.2 Å². The van der Waals surface area contributed by atoms with E-state index in [0.29, 0.717) is 6.42 Å². The highest BCUT2D eigenvalue weighted by Crippen LogP contribution is 2.06. The molecular weight excluding hydrogens is 134 g/mol. The molecule has 3 heteroatoms. The van der Waals surface area contributed by atoms with E-state index < -0.39 is 0 Å². The van der Waals surface area contributed by atoms with Crippen LogP contribution in [0, 0.1) is 0 Å². The number of nitrogens with zero attached hydrogens (tertiary/aromatic N) is 1. The van der Waals surface area contributed by atoms with Crippen molar-refractivity contribution >= 4 is 17.3 Å². The van der Waals surface area contributed by atoms with E-state index in [0.717, 1.165) is 4.88 Å². The van der Waals surface area contributed by atoms with Crippen molar-refractivity contribution in [1.29, 1.82) is 0 Å². The summed E-state index contributed by atoms with van der Waals surface area (Å²) in [5, 5.41) is 0. The van der Waals surface area contributed by atoms with E-state index in [-0.39, 0.29) is 5.78 Å². The Labute approximate surface area is 57.7 Å². The van der Waals surface area contributed by atoms with Gasteiger partial charge in [0, 0.05) is 12.6 Å². The Bertz CT molecular complexity index is 193. The van der Waals surface area contributed by atoms with Crippen LogP contribution in [-0.2, 0) is 0 Å². The van der Waals surface area contributed by atoms with Crippen LogP contribution < -0.4 is 0 Å². The Morgan fingerprint density at radius 3 is 3.11 bits per heavy atom.